The van der Waals surface area contributed by atoms with Crippen molar-refractivity contribution in [3.8, 4) is 5.75 Å². The number of H-pyrrole nitrogens is 1. The van der Waals surface area contributed by atoms with Gasteiger partial charge < -0.3 is 10.1 Å². The molecule has 0 bridgehead atoms. The van der Waals surface area contributed by atoms with E-state index in [0.29, 0.717) is 16.7 Å². The monoisotopic (exact) mass is 313 g/mol. The van der Waals surface area contributed by atoms with Gasteiger partial charge in [0.2, 0.25) is 5.95 Å². The van der Waals surface area contributed by atoms with Gasteiger partial charge in [-0.2, -0.15) is 4.98 Å². The van der Waals surface area contributed by atoms with Crippen LogP contribution in [0.5, 0.6) is 5.75 Å². The minimum Gasteiger partial charge on any atom is -0.497 e. The highest BCUT2D eigenvalue weighted by Crippen LogP contribution is 2.23. The third-order valence-corrected chi connectivity index (χ3v) is 3.63. The summed E-state index contributed by atoms with van der Waals surface area (Å²) in [6.07, 6.45) is 0. The molecule has 0 aliphatic heterocycles. The lowest BCUT2D eigenvalue weighted by Gasteiger charge is -2.02. The van der Waals surface area contributed by atoms with Crippen molar-refractivity contribution in [2.75, 3.05) is 12.4 Å². The zero-order chi connectivity index (χ0) is 15.1. The van der Waals surface area contributed by atoms with Crippen LogP contribution in [0.4, 0.5) is 11.6 Å². The van der Waals surface area contributed by atoms with Crippen LogP contribution in [0.25, 0.3) is 16.8 Å². The van der Waals surface area contributed by atoms with E-state index >= 15 is 0 Å². The quantitative estimate of drug-likeness (QED) is 0.606. The molecule has 0 aliphatic rings. The van der Waals surface area contributed by atoms with Crippen molar-refractivity contribution in [1.29, 1.82) is 0 Å². The van der Waals surface area contributed by atoms with Gasteiger partial charge in [-0.3, -0.25) is 5.10 Å². The Balaban J connectivity index is 1.73. The second kappa shape index (κ2) is 4.92. The molecule has 0 unspecified atom stereocenters. The molecule has 2 N–H and O–H groups in total. The van der Waals surface area contributed by atoms with Gasteiger partial charge in [0.1, 0.15) is 5.75 Å². The molecule has 110 valence electrons. The van der Waals surface area contributed by atoms with E-state index in [0.717, 1.165) is 22.5 Å². The largest absolute Gasteiger partial charge is 0.497 e. The fourth-order valence-corrected chi connectivity index (χ4v) is 2.44. The summed E-state index contributed by atoms with van der Waals surface area (Å²) in [5.74, 6) is 1.98. The number of benzene rings is 2. The van der Waals surface area contributed by atoms with E-state index in [1.807, 2.05) is 47.0 Å². The van der Waals surface area contributed by atoms with Crippen molar-refractivity contribution >= 4 is 40.0 Å². The molecule has 0 saturated carbocycles. The molecule has 0 aliphatic carbocycles. The zero-order valence-corrected chi connectivity index (χ0v) is 12.4. The number of fused-ring (bicyclic) bond motifs is 3. The molecule has 2 heterocycles. The summed E-state index contributed by atoms with van der Waals surface area (Å²) in [7, 11) is 1.63. The van der Waals surface area contributed by atoms with Gasteiger partial charge >= 0.3 is 0 Å². The lowest BCUT2D eigenvalue weighted by atomic mass is 10.3. The predicted octanol–water partition coefficient (Wildman–Crippen LogP) is 3.62. The van der Waals surface area contributed by atoms with Crippen LogP contribution in [0.3, 0.4) is 0 Å². The molecular weight excluding hydrogens is 302 g/mol. The first-order valence-electron chi connectivity index (χ1n) is 6.68. The number of aromatic nitrogens is 4. The first kappa shape index (κ1) is 13.0. The topological polar surface area (TPSA) is 67.2 Å². The maximum atomic E-state index is 5.88. The van der Waals surface area contributed by atoms with Crippen molar-refractivity contribution in [1.82, 2.24) is 19.6 Å². The molecule has 0 amide bonds. The first-order valence-corrected chi connectivity index (χ1v) is 7.05. The highest BCUT2D eigenvalue weighted by atomic mass is 35.5. The molecule has 4 aromatic rings. The van der Waals surface area contributed by atoms with Gasteiger partial charge in [-0.05, 0) is 36.4 Å². The van der Waals surface area contributed by atoms with Gasteiger partial charge in [0.05, 0.1) is 18.1 Å². The minimum atomic E-state index is 0.597. The van der Waals surface area contributed by atoms with E-state index in [-0.39, 0.29) is 0 Å². The fraction of sp³-hybridized carbons (Fsp3) is 0.0667. The Kier molecular flexibility index (Phi) is 2.90. The van der Waals surface area contributed by atoms with E-state index in [4.69, 9.17) is 16.3 Å². The maximum absolute atomic E-state index is 5.88. The van der Waals surface area contributed by atoms with Crippen LogP contribution in [0, 0.1) is 0 Å². The Bertz CT molecular complexity index is 957. The normalized spacial score (nSPS) is 11.2. The lowest BCUT2D eigenvalue weighted by molar-refractivity contribution is 0.415. The number of ether oxygens (including phenoxy) is 1. The molecule has 0 fully saturated rings. The highest BCUT2D eigenvalue weighted by Gasteiger charge is 2.10. The summed E-state index contributed by atoms with van der Waals surface area (Å²) in [5.41, 5.74) is 2.66. The van der Waals surface area contributed by atoms with Crippen molar-refractivity contribution < 1.29 is 4.74 Å². The molecule has 2 aromatic heterocycles. The number of imidazole rings is 1. The third-order valence-electron chi connectivity index (χ3n) is 3.38. The maximum Gasteiger partial charge on any atom is 0.253 e. The molecular formula is C15H12ClN5O. The Labute approximate surface area is 130 Å². The number of nitrogens with one attached hydrogen (secondary N) is 2. The van der Waals surface area contributed by atoms with Crippen LogP contribution in [0.1, 0.15) is 0 Å². The number of hydrogen-bond donors (Lipinski definition) is 2. The second-order valence-electron chi connectivity index (χ2n) is 4.81. The third kappa shape index (κ3) is 2.14. The van der Waals surface area contributed by atoms with Gasteiger partial charge in [-0.15, -0.1) is 0 Å². The fourth-order valence-electron chi connectivity index (χ4n) is 2.32. The van der Waals surface area contributed by atoms with Crippen molar-refractivity contribution in [3.05, 3.63) is 47.5 Å². The van der Waals surface area contributed by atoms with E-state index in [9.17, 15) is 0 Å². The first-order chi connectivity index (χ1) is 10.7. The summed E-state index contributed by atoms with van der Waals surface area (Å²) < 4.78 is 7.03. The summed E-state index contributed by atoms with van der Waals surface area (Å²) in [5, 5.41) is 7.05. The molecule has 4 rings (SSSR count). The molecule has 0 atom stereocenters. The van der Waals surface area contributed by atoms with Gasteiger partial charge in [-0.1, -0.05) is 11.6 Å². The lowest BCUT2D eigenvalue weighted by Crippen LogP contribution is -1.93. The SMILES string of the molecule is COc1ccc2c(c1)nc1nc(Nc3ccc(Cl)cc3)[nH]n12. The summed E-state index contributed by atoms with van der Waals surface area (Å²) in [6, 6.07) is 13.1. The second-order valence-corrected chi connectivity index (χ2v) is 5.24. The number of aromatic amines is 1. The standard InChI is InChI=1S/C15H12ClN5O/c1-22-11-6-7-13-12(8-11)18-15-19-14(20-21(13)15)17-10-4-2-9(16)3-5-10/h2-8H,1H3,(H2,17,18,19,20). The van der Waals surface area contributed by atoms with Crippen LogP contribution in [0.15, 0.2) is 42.5 Å². The average Bonchev–Trinajstić information content (AvgIpc) is 3.05. The highest BCUT2D eigenvalue weighted by molar-refractivity contribution is 6.30. The summed E-state index contributed by atoms with van der Waals surface area (Å²) in [6.45, 7) is 0. The van der Waals surface area contributed by atoms with E-state index in [2.05, 4.69) is 20.4 Å². The van der Waals surface area contributed by atoms with E-state index < -0.39 is 0 Å². The molecule has 6 nitrogen and oxygen atoms in total. The Morgan fingerprint density at radius 1 is 1.14 bits per heavy atom. The van der Waals surface area contributed by atoms with Crippen LogP contribution in [0.2, 0.25) is 5.02 Å². The number of halogens is 1. The number of anilines is 2. The van der Waals surface area contributed by atoms with Crippen molar-refractivity contribution in [3.63, 3.8) is 0 Å². The summed E-state index contributed by atoms with van der Waals surface area (Å²) >= 11 is 5.88. The minimum absolute atomic E-state index is 0.597. The number of rotatable bonds is 3. The van der Waals surface area contributed by atoms with Gasteiger partial charge in [-0.25, -0.2) is 9.50 Å². The molecule has 22 heavy (non-hydrogen) atoms. The predicted molar refractivity (Wildman–Crippen MR) is 86.1 cm³/mol. The van der Waals surface area contributed by atoms with Crippen LogP contribution in [-0.4, -0.2) is 26.7 Å². The average molecular weight is 314 g/mol. The van der Waals surface area contributed by atoms with Crippen molar-refractivity contribution in [2.45, 2.75) is 0 Å². The number of nitrogens with zero attached hydrogens (tertiary/aromatic N) is 3. The van der Waals surface area contributed by atoms with Gasteiger partial charge in [0, 0.05) is 16.8 Å². The van der Waals surface area contributed by atoms with Crippen LogP contribution in [-0.2, 0) is 0 Å². The smallest absolute Gasteiger partial charge is 0.253 e. The molecule has 0 radical (unpaired) electrons. The molecule has 7 heteroatoms. The van der Waals surface area contributed by atoms with Gasteiger partial charge in [0.25, 0.3) is 5.78 Å². The van der Waals surface area contributed by atoms with Crippen LogP contribution >= 0.6 is 11.6 Å². The number of methoxy groups -OCH3 is 1. The number of hydrogen-bond acceptors (Lipinski definition) is 4. The Hall–Kier alpha value is -2.73. The van der Waals surface area contributed by atoms with Crippen LogP contribution < -0.4 is 10.1 Å². The Morgan fingerprint density at radius 3 is 2.73 bits per heavy atom. The molecule has 2 aromatic carbocycles. The molecule has 0 spiro atoms. The zero-order valence-electron chi connectivity index (χ0n) is 11.7. The van der Waals surface area contributed by atoms with Gasteiger partial charge in [0.15, 0.2) is 0 Å². The van der Waals surface area contributed by atoms with E-state index in [1.165, 1.54) is 0 Å². The molecule has 0 saturated heterocycles. The van der Waals surface area contributed by atoms with E-state index in [1.54, 1.807) is 7.11 Å². The summed E-state index contributed by atoms with van der Waals surface area (Å²) in [4.78, 5) is 8.91. The Morgan fingerprint density at radius 2 is 1.95 bits per heavy atom. The van der Waals surface area contributed by atoms with Crippen molar-refractivity contribution in [2.24, 2.45) is 0 Å².